The van der Waals surface area contributed by atoms with E-state index in [1.54, 1.807) is 19.1 Å². The lowest BCUT2D eigenvalue weighted by Gasteiger charge is -2.29. The fraction of sp³-hybridized carbons (Fsp3) is 0.400. The van der Waals surface area contributed by atoms with Crippen molar-refractivity contribution in [2.24, 2.45) is 0 Å². The second-order valence-electron chi connectivity index (χ2n) is 3.63. The smallest absolute Gasteiger partial charge is 0.427 e. The zero-order valence-corrected chi connectivity index (χ0v) is 9.12. The summed E-state index contributed by atoms with van der Waals surface area (Å²) in [6.45, 7) is 1.36. The number of hydrogen-bond donors (Lipinski definition) is 1. The van der Waals surface area contributed by atoms with Gasteiger partial charge in [-0.25, -0.2) is 0 Å². The second-order valence-corrected chi connectivity index (χ2v) is 4.06. The highest BCUT2D eigenvalue weighted by Crippen LogP contribution is 2.38. The standard InChI is InChI=1S/C10H9ClF3NO/c1-5-2-6(11)3-7-9(5)16-8(4-15-7)10(12,13)14/h2-3,8,15H,4H2,1H3. The average molecular weight is 252 g/mol. The van der Waals surface area contributed by atoms with Gasteiger partial charge in [0, 0.05) is 5.02 Å². The first-order chi connectivity index (χ1) is 7.38. The van der Waals surface area contributed by atoms with E-state index in [9.17, 15) is 13.2 Å². The first kappa shape index (κ1) is 11.4. The van der Waals surface area contributed by atoms with Crippen LogP contribution in [0, 0.1) is 6.92 Å². The molecule has 0 saturated carbocycles. The normalized spacial score (nSPS) is 19.7. The third kappa shape index (κ3) is 2.04. The first-order valence-corrected chi connectivity index (χ1v) is 5.03. The van der Waals surface area contributed by atoms with Crippen LogP contribution in [0.15, 0.2) is 12.1 Å². The Bertz CT molecular complexity index is 419. The van der Waals surface area contributed by atoms with Gasteiger partial charge in [-0.1, -0.05) is 11.6 Å². The molecule has 0 radical (unpaired) electrons. The topological polar surface area (TPSA) is 21.3 Å². The number of rotatable bonds is 0. The Hall–Kier alpha value is -1.10. The average Bonchev–Trinajstić information content (AvgIpc) is 2.15. The molecule has 1 aliphatic heterocycles. The van der Waals surface area contributed by atoms with Crippen LogP contribution in [0.1, 0.15) is 5.56 Å². The Balaban J connectivity index is 2.34. The summed E-state index contributed by atoms with van der Waals surface area (Å²) >= 11 is 5.79. The molecule has 2 nitrogen and oxygen atoms in total. The van der Waals surface area contributed by atoms with E-state index in [1.165, 1.54) is 0 Å². The highest BCUT2D eigenvalue weighted by molar-refractivity contribution is 6.31. The molecular formula is C10H9ClF3NO. The number of benzene rings is 1. The van der Waals surface area contributed by atoms with Crippen molar-refractivity contribution >= 4 is 17.3 Å². The van der Waals surface area contributed by atoms with Gasteiger partial charge in [0.2, 0.25) is 6.10 Å². The summed E-state index contributed by atoms with van der Waals surface area (Å²) < 4.78 is 42.3. The summed E-state index contributed by atoms with van der Waals surface area (Å²) in [6, 6.07) is 3.12. The predicted molar refractivity (Wildman–Crippen MR) is 55.1 cm³/mol. The molecular weight excluding hydrogens is 243 g/mol. The number of aryl methyl sites for hydroxylation is 1. The molecule has 88 valence electrons. The van der Waals surface area contributed by atoms with Gasteiger partial charge in [0.05, 0.1) is 12.2 Å². The molecule has 0 aromatic heterocycles. The Morgan fingerprint density at radius 3 is 2.75 bits per heavy atom. The van der Waals surface area contributed by atoms with Crippen LogP contribution in [-0.2, 0) is 0 Å². The fourth-order valence-electron chi connectivity index (χ4n) is 1.59. The molecule has 1 heterocycles. The van der Waals surface area contributed by atoms with Crippen LogP contribution in [0.5, 0.6) is 5.75 Å². The number of hydrogen-bond acceptors (Lipinski definition) is 2. The lowest BCUT2D eigenvalue weighted by molar-refractivity contribution is -0.191. The molecule has 2 rings (SSSR count). The van der Waals surface area contributed by atoms with E-state index in [0.717, 1.165) is 0 Å². The molecule has 0 amide bonds. The SMILES string of the molecule is Cc1cc(Cl)cc2c1OC(C(F)(F)F)CN2. The van der Waals surface area contributed by atoms with Gasteiger partial charge in [-0.3, -0.25) is 0 Å². The Morgan fingerprint density at radius 1 is 1.44 bits per heavy atom. The molecule has 0 saturated heterocycles. The van der Waals surface area contributed by atoms with Crippen molar-refractivity contribution in [2.45, 2.75) is 19.2 Å². The summed E-state index contributed by atoms with van der Waals surface area (Å²) in [5.74, 6) is 0.220. The number of anilines is 1. The highest BCUT2D eigenvalue weighted by atomic mass is 35.5. The van der Waals surface area contributed by atoms with Gasteiger partial charge in [0.15, 0.2) is 0 Å². The molecule has 0 fully saturated rings. The number of ether oxygens (including phenoxy) is 1. The zero-order valence-electron chi connectivity index (χ0n) is 8.36. The maximum atomic E-state index is 12.5. The molecule has 1 atom stereocenters. The fourth-order valence-corrected chi connectivity index (χ4v) is 1.86. The van der Waals surface area contributed by atoms with Crippen LogP contribution in [0.4, 0.5) is 18.9 Å². The summed E-state index contributed by atoms with van der Waals surface area (Å²) in [5, 5.41) is 3.14. The molecule has 1 aliphatic rings. The molecule has 1 aromatic rings. The monoisotopic (exact) mass is 251 g/mol. The number of alkyl halides is 3. The molecule has 0 aliphatic carbocycles. The van der Waals surface area contributed by atoms with Gasteiger partial charge in [-0.05, 0) is 24.6 Å². The van der Waals surface area contributed by atoms with Crippen molar-refractivity contribution in [2.75, 3.05) is 11.9 Å². The molecule has 1 unspecified atom stereocenters. The zero-order chi connectivity index (χ0) is 11.9. The second kappa shape index (κ2) is 3.73. The van der Waals surface area contributed by atoms with Crippen LogP contribution in [-0.4, -0.2) is 18.8 Å². The van der Waals surface area contributed by atoms with E-state index in [2.05, 4.69) is 5.32 Å². The lowest BCUT2D eigenvalue weighted by Crippen LogP contribution is -2.43. The van der Waals surface area contributed by atoms with E-state index in [-0.39, 0.29) is 12.3 Å². The predicted octanol–water partition coefficient (Wildman–Crippen LogP) is 3.38. The van der Waals surface area contributed by atoms with E-state index in [0.29, 0.717) is 16.3 Å². The number of halogens is 4. The quantitative estimate of drug-likeness (QED) is 0.763. The van der Waals surface area contributed by atoms with Gasteiger partial charge in [0.25, 0.3) is 0 Å². The van der Waals surface area contributed by atoms with Crippen molar-refractivity contribution in [1.29, 1.82) is 0 Å². The number of nitrogens with one attached hydrogen (secondary N) is 1. The van der Waals surface area contributed by atoms with Crippen molar-refractivity contribution in [3.05, 3.63) is 22.7 Å². The molecule has 0 spiro atoms. The maximum Gasteiger partial charge on any atom is 0.427 e. The van der Waals surface area contributed by atoms with Gasteiger partial charge in [-0.2, -0.15) is 13.2 Å². The molecule has 0 bridgehead atoms. The Kier molecular flexibility index (Phi) is 2.66. The van der Waals surface area contributed by atoms with Crippen LogP contribution < -0.4 is 10.1 Å². The van der Waals surface area contributed by atoms with Crippen molar-refractivity contribution < 1.29 is 17.9 Å². The minimum absolute atomic E-state index is 0.220. The summed E-state index contributed by atoms with van der Waals surface area (Å²) in [5.41, 5.74) is 1.09. The van der Waals surface area contributed by atoms with Crippen molar-refractivity contribution in [3.63, 3.8) is 0 Å². The minimum atomic E-state index is -4.36. The molecule has 16 heavy (non-hydrogen) atoms. The Labute approximate surface area is 95.3 Å². The summed E-state index contributed by atoms with van der Waals surface area (Å²) in [4.78, 5) is 0. The van der Waals surface area contributed by atoms with Crippen LogP contribution in [0.25, 0.3) is 0 Å². The lowest BCUT2D eigenvalue weighted by atomic mass is 10.1. The van der Waals surface area contributed by atoms with E-state index >= 15 is 0 Å². The molecule has 1 aromatic carbocycles. The van der Waals surface area contributed by atoms with Gasteiger partial charge in [0.1, 0.15) is 5.75 Å². The minimum Gasteiger partial charge on any atom is -0.477 e. The maximum absolute atomic E-state index is 12.5. The first-order valence-electron chi connectivity index (χ1n) is 4.65. The van der Waals surface area contributed by atoms with Gasteiger partial charge < -0.3 is 10.1 Å². The van der Waals surface area contributed by atoms with E-state index in [4.69, 9.17) is 16.3 Å². The Morgan fingerprint density at radius 2 is 2.12 bits per heavy atom. The van der Waals surface area contributed by atoms with Crippen molar-refractivity contribution in [1.82, 2.24) is 0 Å². The van der Waals surface area contributed by atoms with Crippen LogP contribution >= 0.6 is 11.6 Å². The highest BCUT2D eigenvalue weighted by Gasteiger charge is 2.43. The van der Waals surface area contributed by atoms with Gasteiger partial charge in [-0.15, -0.1) is 0 Å². The van der Waals surface area contributed by atoms with Crippen LogP contribution in [0.3, 0.4) is 0 Å². The van der Waals surface area contributed by atoms with E-state index in [1.807, 2.05) is 0 Å². The third-order valence-electron chi connectivity index (χ3n) is 2.34. The van der Waals surface area contributed by atoms with Gasteiger partial charge >= 0.3 is 6.18 Å². The van der Waals surface area contributed by atoms with Crippen LogP contribution in [0.2, 0.25) is 5.02 Å². The molecule has 6 heteroatoms. The van der Waals surface area contributed by atoms with Crippen molar-refractivity contribution in [3.8, 4) is 5.75 Å². The summed E-state index contributed by atoms with van der Waals surface area (Å²) in [6.07, 6.45) is -6.17. The third-order valence-corrected chi connectivity index (χ3v) is 2.56. The van der Waals surface area contributed by atoms with E-state index < -0.39 is 12.3 Å². The summed E-state index contributed by atoms with van der Waals surface area (Å²) in [7, 11) is 0. The largest absolute Gasteiger partial charge is 0.477 e. The number of fused-ring (bicyclic) bond motifs is 1. The molecule has 1 N–H and O–H groups in total.